The van der Waals surface area contributed by atoms with Gasteiger partial charge in [0.2, 0.25) is 5.91 Å². The Bertz CT molecular complexity index is 464. The van der Waals surface area contributed by atoms with Crippen LogP contribution in [0.25, 0.3) is 0 Å². The minimum Gasteiger partial charge on any atom is -0.481 e. The lowest BCUT2D eigenvalue weighted by atomic mass is 9.94. The SMILES string of the molecule is C[C@@H](CC(=O)N1CCC(C(=O)O)CC1)c1ccccc1. The van der Waals surface area contributed by atoms with E-state index in [-0.39, 0.29) is 17.7 Å². The van der Waals surface area contributed by atoms with Crippen molar-refractivity contribution in [1.29, 1.82) is 0 Å². The molecule has 2 rings (SSSR count). The minimum absolute atomic E-state index is 0.130. The van der Waals surface area contributed by atoms with Crippen molar-refractivity contribution < 1.29 is 14.7 Å². The van der Waals surface area contributed by atoms with Crippen LogP contribution in [0, 0.1) is 5.92 Å². The molecule has 1 N–H and O–H groups in total. The Balaban J connectivity index is 1.85. The highest BCUT2D eigenvalue weighted by atomic mass is 16.4. The molecule has 1 saturated heterocycles. The number of carbonyl (C=O) groups excluding carboxylic acids is 1. The van der Waals surface area contributed by atoms with Crippen molar-refractivity contribution in [3.8, 4) is 0 Å². The summed E-state index contributed by atoms with van der Waals surface area (Å²) in [5.74, 6) is -0.702. The summed E-state index contributed by atoms with van der Waals surface area (Å²) < 4.78 is 0. The average molecular weight is 275 g/mol. The number of aliphatic carboxylic acids is 1. The molecule has 1 atom stereocenters. The van der Waals surface area contributed by atoms with Crippen molar-refractivity contribution in [2.75, 3.05) is 13.1 Å². The standard InChI is InChI=1S/C16H21NO3/c1-12(13-5-3-2-4-6-13)11-15(18)17-9-7-14(8-10-17)16(19)20/h2-6,12,14H,7-11H2,1H3,(H,19,20)/t12-/m0/s1. The number of carbonyl (C=O) groups is 2. The zero-order valence-corrected chi connectivity index (χ0v) is 11.8. The Morgan fingerprint density at radius 2 is 1.85 bits per heavy atom. The van der Waals surface area contributed by atoms with Crippen molar-refractivity contribution >= 4 is 11.9 Å². The monoisotopic (exact) mass is 275 g/mol. The summed E-state index contributed by atoms with van der Waals surface area (Å²) in [7, 11) is 0. The number of amides is 1. The van der Waals surface area contributed by atoms with Crippen LogP contribution in [-0.2, 0) is 9.59 Å². The molecule has 4 heteroatoms. The molecule has 20 heavy (non-hydrogen) atoms. The van der Waals surface area contributed by atoms with E-state index < -0.39 is 5.97 Å². The summed E-state index contributed by atoms with van der Waals surface area (Å²) in [4.78, 5) is 24.9. The van der Waals surface area contributed by atoms with Gasteiger partial charge in [-0.1, -0.05) is 37.3 Å². The molecule has 1 aliphatic heterocycles. The van der Waals surface area contributed by atoms with E-state index >= 15 is 0 Å². The number of carboxylic acids is 1. The summed E-state index contributed by atoms with van der Waals surface area (Å²) in [6.07, 6.45) is 1.63. The van der Waals surface area contributed by atoms with Gasteiger partial charge in [-0.2, -0.15) is 0 Å². The van der Waals surface area contributed by atoms with Crippen LogP contribution in [0.2, 0.25) is 0 Å². The smallest absolute Gasteiger partial charge is 0.306 e. The van der Waals surface area contributed by atoms with Crippen LogP contribution >= 0.6 is 0 Å². The Kier molecular flexibility index (Phi) is 4.77. The van der Waals surface area contributed by atoms with Crippen LogP contribution in [0.15, 0.2) is 30.3 Å². The maximum Gasteiger partial charge on any atom is 0.306 e. The molecular formula is C16H21NO3. The Morgan fingerprint density at radius 1 is 1.25 bits per heavy atom. The first-order chi connectivity index (χ1) is 9.58. The van der Waals surface area contributed by atoms with Crippen LogP contribution in [0.4, 0.5) is 0 Å². The number of likely N-dealkylation sites (tertiary alicyclic amines) is 1. The van der Waals surface area contributed by atoms with Gasteiger partial charge >= 0.3 is 5.97 Å². The van der Waals surface area contributed by atoms with Gasteiger partial charge < -0.3 is 10.0 Å². The maximum atomic E-state index is 12.2. The highest BCUT2D eigenvalue weighted by Gasteiger charge is 2.27. The molecule has 0 unspecified atom stereocenters. The lowest BCUT2D eigenvalue weighted by Gasteiger charge is -2.31. The van der Waals surface area contributed by atoms with Crippen molar-refractivity contribution in [3.05, 3.63) is 35.9 Å². The zero-order valence-electron chi connectivity index (χ0n) is 11.8. The summed E-state index contributed by atoms with van der Waals surface area (Å²) in [6.45, 7) is 3.19. The molecule has 0 radical (unpaired) electrons. The van der Waals surface area contributed by atoms with E-state index in [1.807, 2.05) is 30.3 Å². The number of rotatable bonds is 4. The molecule has 0 aromatic heterocycles. The topological polar surface area (TPSA) is 57.6 Å². The average Bonchev–Trinajstić information content (AvgIpc) is 2.48. The predicted molar refractivity (Wildman–Crippen MR) is 76.4 cm³/mol. The third-order valence-electron chi connectivity index (χ3n) is 4.05. The van der Waals surface area contributed by atoms with E-state index in [0.717, 1.165) is 0 Å². The number of hydrogen-bond acceptors (Lipinski definition) is 2. The molecule has 108 valence electrons. The molecule has 1 fully saturated rings. The summed E-state index contributed by atoms with van der Waals surface area (Å²) >= 11 is 0. The van der Waals surface area contributed by atoms with E-state index in [1.54, 1.807) is 4.90 Å². The first kappa shape index (κ1) is 14.6. The van der Waals surface area contributed by atoms with Gasteiger partial charge in [0.05, 0.1) is 5.92 Å². The van der Waals surface area contributed by atoms with Gasteiger partial charge in [0.15, 0.2) is 0 Å². The fourth-order valence-electron chi connectivity index (χ4n) is 2.67. The second-order valence-electron chi connectivity index (χ2n) is 5.51. The second kappa shape index (κ2) is 6.55. The first-order valence-electron chi connectivity index (χ1n) is 7.13. The predicted octanol–water partition coefficient (Wildman–Crippen LogP) is 2.50. The Hall–Kier alpha value is -1.84. The molecule has 1 amide bonds. The van der Waals surface area contributed by atoms with Crippen LogP contribution in [-0.4, -0.2) is 35.0 Å². The molecule has 1 aromatic carbocycles. The Morgan fingerprint density at radius 3 is 2.40 bits per heavy atom. The molecule has 1 aliphatic rings. The number of nitrogens with zero attached hydrogens (tertiary/aromatic N) is 1. The van der Waals surface area contributed by atoms with Crippen LogP contribution in [0.5, 0.6) is 0 Å². The van der Waals surface area contributed by atoms with Gasteiger partial charge in [0, 0.05) is 19.5 Å². The van der Waals surface area contributed by atoms with Crippen molar-refractivity contribution in [2.24, 2.45) is 5.92 Å². The molecule has 0 bridgehead atoms. The number of carboxylic acid groups (broad SMARTS) is 1. The van der Waals surface area contributed by atoms with Crippen LogP contribution < -0.4 is 0 Å². The fraction of sp³-hybridized carbons (Fsp3) is 0.500. The van der Waals surface area contributed by atoms with Gasteiger partial charge in [0.1, 0.15) is 0 Å². The Labute approximate surface area is 119 Å². The van der Waals surface area contributed by atoms with Crippen molar-refractivity contribution in [2.45, 2.75) is 32.1 Å². The number of hydrogen-bond donors (Lipinski definition) is 1. The summed E-state index contributed by atoms with van der Waals surface area (Å²) in [5, 5.41) is 8.95. The van der Waals surface area contributed by atoms with Crippen molar-refractivity contribution in [3.63, 3.8) is 0 Å². The van der Waals surface area contributed by atoms with Gasteiger partial charge in [-0.3, -0.25) is 9.59 Å². The zero-order chi connectivity index (χ0) is 14.5. The van der Waals surface area contributed by atoms with Gasteiger partial charge in [0.25, 0.3) is 0 Å². The molecule has 0 saturated carbocycles. The molecule has 0 aliphatic carbocycles. The van der Waals surface area contributed by atoms with E-state index in [9.17, 15) is 9.59 Å². The highest BCUT2D eigenvalue weighted by Crippen LogP contribution is 2.22. The van der Waals surface area contributed by atoms with Gasteiger partial charge in [-0.05, 0) is 24.3 Å². The van der Waals surface area contributed by atoms with E-state index in [2.05, 4.69) is 6.92 Å². The molecule has 1 heterocycles. The van der Waals surface area contributed by atoms with Gasteiger partial charge in [-0.15, -0.1) is 0 Å². The third kappa shape index (κ3) is 3.59. The largest absolute Gasteiger partial charge is 0.481 e. The second-order valence-corrected chi connectivity index (χ2v) is 5.51. The molecule has 0 spiro atoms. The molecule has 1 aromatic rings. The third-order valence-corrected chi connectivity index (χ3v) is 4.05. The summed E-state index contributed by atoms with van der Waals surface area (Å²) in [6, 6.07) is 10.0. The lowest BCUT2D eigenvalue weighted by Crippen LogP contribution is -2.40. The van der Waals surface area contributed by atoms with Crippen molar-refractivity contribution in [1.82, 2.24) is 4.90 Å². The number of piperidine rings is 1. The van der Waals surface area contributed by atoms with E-state index in [0.29, 0.717) is 32.4 Å². The van der Waals surface area contributed by atoms with Crippen LogP contribution in [0.3, 0.4) is 0 Å². The maximum absolute atomic E-state index is 12.2. The molecule has 4 nitrogen and oxygen atoms in total. The highest BCUT2D eigenvalue weighted by molar-refractivity contribution is 5.77. The molecular weight excluding hydrogens is 254 g/mol. The summed E-state index contributed by atoms with van der Waals surface area (Å²) in [5.41, 5.74) is 1.17. The van der Waals surface area contributed by atoms with E-state index in [1.165, 1.54) is 5.56 Å². The van der Waals surface area contributed by atoms with Gasteiger partial charge in [-0.25, -0.2) is 0 Å². The normalized spacial score (nSPS) is 17.8. The first-order valence-corrected chi connectivity index (χ1v) is 7.13. The quantitative estimate of drug-likeness (QED) is 0.918. The lowest BCUT2D eigenvalue weighted by molar-refractivity contribution is -0.145. The van der Waals surface area contributed by atoms with Crippen LogP contribution in [0.1, 0.15) is 37.7 Å². The fourth-order valence-corrected chi connectivity index (χ4v) is 2.67. The number of benzene rings is 1. The van der Waals surface area contributed by atoms with E-state index in [4.69, 9.17) is 5.11 Å². The minimum atomic E-state index is -0.741.